The fourth-order valence-corrected chi connectivity index (χ4v) is 3.44. The van der Waals surface area contributed by atoms with Gasteiger partial charge < -0.3 is 5.32 Å². The Labute approximate surface area is 116 Å². The van der Waals surface area contributed by atoms with Crippen molar-refractivity contribution < 1.29 is 0 Å². The van der Waals surface area contributed by atoms with E-state index in [1.807, 2.05) is 6.92 Å². The molecule has 2 aromatic heterocycles. The van der Waals surface area contributed by atoms with E-state index in [9.17, 15) is 0 Å². The second-order valence-electron chi connectivity index (χ2n) is 4.40. The van der Waals surface area contributed by atoms with E-state index in [4.69, 9.17) is 4.98 Å². The molecule has 2 rings (SSSR count). The van der Waals surface area contributed by atoms with E-state index in [0.717, 1.165) is 40.8 Å². The monoisotopic (exact) mass is 281 g/mol. The Bertz CT molecular complexity index is 490. The molecule has 0 aliphatic heterocycles. The number of thiazole rings is 2. The number of aryl methyl sites for hydroxylation is 1. The molecule has 0 aliphatic carbocycles. The summed E-state index contributed by atoms with van der Waals surface area (Å²) in [5, 5.41) is 10.0. The summed E-state index contributed by atoms with van der Waals surface area (Å²) in [4.78, 5) is 9.17. The highest BCUT2D eigenvalue weighted by atomic mass is 32.1. The van der Waals surface area contributed by atoms with Crippen LogP contribution in [0.25, 0.3) is 0 Å². The van der Waals surface area contributed by atoms with E-state index in [0.29, 0.717) is 6.04 Å². The van der Waals surface area contributed by atoms with Crippen LogP contribution in [0.1, 0.15) is 47.7 Å². The Kier molecular flexibility index (Phi) is 4.86. The average molecular weight is 281 g/mol. The zero-order chi connectivity index (χ0) is 13.0. The van der Waals surface area contributed by atoms with Crippen molar-refractivity contribution in [1.82, 2.24) is 15.3 Å². The van der Waals surface area contributed by atoms with Crippen LogP contribution in [-0.4, -0.2) is 16.5 Å². The Hall–Kier alpha value is -0.780. The number of nitrogens with zero attached hydrogens (tertiary/aromatic N) is 2. The maximum atomic E-state index is 4.69. The Balaban J connectivity index is 1.97. The molecule has 0 saturated carbocycles. The fraction of sp³-hybridized carbons (Fsp3) is 0.538. The van der Waals surface area contributed by atoms with E-state index in [-0.39, 0.29) is 0 Å². The van der Waals surface area contributed by atoms with Crippen molar-refractivity contribution in [3.8, 4) is 0 Å². The van der Waals surface area contributed by atoms with Crippen LogP contribution < -0.4 is 5.32 Å². The lowest BCUT2D eigenvalue weighted by Crippen LogP contribution is -2.19. The molecule has 1 unspecified atom stereocenters. The topological polar surface area (TPSA) is 37.8 Å². The highest BCUT2D eigenvalue weighted by Gasteiger charge is 2.10. The van der Waals surface area contributed by atoms with Crippen LogP contribution in [0.4, 0.5) is 0 Å². The molecule has 0 aromatic carbocycles. The van der Waals surface area contributed by atoms with Crippen molar-refractivity contribution in [3.63, 3.8) is 0 Å². The molecule has 0 fully saturated rings. The van der Waals surface area contributed by atoms with Crippen molar-refractivity contribution >= 4 is 22.7 Å². The molecule has 0 saturated heterocycles. The first kappa shape index (κ1) is 13.6. The SMILES string of the molecule is CCCNC(C)c1csc(Cc2nc(C)cs2)n1. The molecular formula is C13H19N3S2. The average Bonchev–Trinajstić information content (AvgIpc) is 2.96. The van der Waals surface area contributed by atoms with Gasteiger partial charge in [-0.05, 0) is 26.8 Å². The molecule has 98 valence electrons. The van der Waals surface area contributed by atoms with E-state index < -0.39 is 0 Å². The lowest BCUT2D eigenvalue weighted by Gasteiger charge is -2.09. The largest absolute Gasteiger partial charge is 0.309 e. The number of nitrogens with one attached hydrogen (secondary N) is 1. The summed E-state index contributed by atoms with van der Waals surface area (Å²) in [6, 6.07) is 0.341. The molecule has 1 atom stereocenters. The summed E-state index contributed by atoms with van der Waals surface area (Å²) in [5.74, 6) is 0. The lowest BCUT2D eigenvalue weighted by molar-refractivity contribution is 0.560. The highest BCUT2D eigenvalue weighted by molar-refractivity contribution is 7.11. The maximum absolute atomic E-state index is 4.69. The summed E-state index contributed by atoms with van der Waals surface area (Å²) < 4.78 is 0. The highest BCUT2D eigenvalue weighted by Crippen LogP contribution is 2.20. The van der Waals surface area contributed by atoms with Gasteiger partial charge >= 0.3 is 0 Å². The first-order valence-electron chi connectivity index (χ1n) is 6.27. The van der Waals surface area contributed by atoms with E-state index in [1.54, 1.807) is 22.7 Å². The molecule has 5 heteroatoms. The molecule has 2 heterocycles. The van der Waals surface area contributed by atoms with Crippen molar-refractivity contribution in [2.75, 3.05) is 6.54 Å². The van der Waals surface area contributed by atoms with E-state index >= 15 is 0 Å². The van der Waals surface area contributed by atoms with Gasteiger partial charge in [0.15, 0.2) is 0 Å². The quantitative estimate of drug-likeness (QED) is 0.879. The third-order valence-electron chi connectivity index (χ3n) is 2.68. The number of hydrogen-bond acceptors (Lipinski definition) is 5. The molecule has 0 radical (unpaired) electrons. The van der Waals surface area contributed by atoms with Gasteiger partial charge in [-0.1, -0.05) is 6.92 Å². The van der Waals surface area contributed by atoms with Crippen molar-refractivity contribution in [1.29, 1.82) is 0 Å². The molecular weight excluding hydrogens is 262 g/mol. The number of rotatable bonds is 6. The minimum atomic E-state index is 0.341. The normalized spacial score (nSPS) is 12.8. The summed E-state index contributed by atoms with van der Waals surface area (Å²) in [6.07, 6.45) is 2.02. The zero-order valence-corrected chi connectivity index (χ0v) is 12.7. The van der Waals surface area contributed by atoms with E-state index in [2.05, 4.69) is 34.9 Å². The van der Waals surface area contributed by atoms with Crippen molar-refractivity contribution in [2.45, 2.75) is 39.7 Å². The predicted octanol–water partition coefficient (Wildman–Crippen LogP) is 3.56. The molecule has 1 N–H and O–H groups in total. The fourth-order valence-electron chi connectivity index (χ4n) is 1.68. The Morgan fingerprint density at radius 2 is 1.94 bits per heavy atom. The molecule has 0 aliphatic rings. The molecule has 2 aromatic rings. The summed E-state index contributed by atoms with van der Waals surface area (Å²) in [6.45, 7) is 7.42. The van der Waals surface area contributed by atoms with Crippen LogP contribution >= 0.6 is 22.7 Å². The second-order valence-corrected chi connectivity index (χ2v) is 6.29. The number of hydrogen-bond donors (Lipinski definition) is 1. The van der Waals surface area contributed by atoms with Crippen LogP contribution in [0.2, 0.25) is 0 Å². The molecule has 0 bridgehead atoms. The van der Waals surface area contributed by atoms with E-state index in [1.165, 1.54) is 0 Å². The lowest BCUT2D eigenvalue weighted by atomic mass is 10.2. The van der Waals surface area contributed by atoms with Crippen LogP contribution in [0.3, 0.4) is 0 Å². The van der Waals surface area contributed by atoms with Crippen LogP contribution in [-0.2, 0) is 6.42 Å². The molecule has 18 heavy (non-hydrogen) atoms. The first-order valence-corrected chi connectivity index (χ1v) is 8.03. The Morgan fingerprint density at radius 1 is 1.22 bits per heavy atom. The summed E-state index contributed by atoms with van der Waals surface area (Å²) in [7, 11) is 0. The van der Waals surface area contributed by atoms with Crippen LogP contribution in [0.15, 0.2) is 10.8 Å². The van der Waals surface area contributed by atoms with Gasteiger partial charge in [0.05, 0.1) is 22.1 Å². The molecule has 0 spiro atoms. The van der Waals surface area contributed by atoms with Gasteiger partial charge in [-0.25, -0.2) is 9.97 Å². The van der Waals surface area contributed by atoms with Gasteiger partial charge in [0.2, 0.25) is 0 Å². The summed E-state index contributed by atoms with van der Waals surface area (Å²) >= 11 is 3.45. The predicted molar refractivity (Wildman–Crippen MR) is 78.5 cm³/mol. The van der Waals surface area contributed by atoms with Gasteiger partial charge in [-0.2, -0.15) is 0 Å². The van der Waals surface area contributed by atoms with Gasteiger partial charge in [-0.15, -0.1) is 22.7 Å². The second kappa shape index (κ2) is 6.41. The van der Waals surface area contributed by atoms with Crippen molar-refractivity contribution in [3.05, 3.63) is 32.2 Å². The summed E-state index contributed by atoms with van der Waals surface area (Å²) in [5.41, 5.74) is 2.25. The minimum absolute atomic E-state index is 0.341. The Morgan fingerprint density at radius 3 is 2.61 bits per heavy atom. The maximum Gasteiger partial charge on any atom is 0.0997 e. The smallest absolute Gasteiger partial charge is 0.0997 e. The molecule has 0 amide bonds. The zero-order valence-electron chi connectivity index (χ0n) is 11.1. The van der Waals surface area contributed by atoms with Gasteiger partial charge in [0, 0.05) is 22.5 Å². The van der Waals surface area contributed by atoms with Crippen LogP contribution in [0.5, 0.6) is 0 Å². The van der Waals surface area contributed by atoms with Crippen LogP contribution in [0, 0.1) is 6.92 Å². The standard InChI is InChI=1S/C13H19N3S2/c1-4-5-14-10(3)11-8-18-13(16-11)6-12-15-9(2)7-17-12/h7-8,10,14H,4-6H2,1-3H3. The number of aromatic nitrogens is 2. The third kappa shape index (κ3) is 3.60. The minimum Gasteiger partial charge on any atom is -0.309 e. The molecule has 3 nitrogen and oxygen atoms in total. The first-order chi connectivity index (χ1) is 8.69. The van der Waals surface area contributed by atoms with Crippen molar-refractivity contribution in [2.24, 2.45) is 0 Å². The van der Waals surface area contributed by atoms with Gasteiger partial charge in [0.1, 0.15) is 0 Å². The van der Waals surface area contributed by atoms with Gasteiger partial charge in [-0.3, -0.25) is 0 Å². The third-order valence-corrected chi connectivity index (χ3v) is 4.52. The van der Waals surface area contributed by atoms with Gasteiger partial charge in [0.25, 0.3) is 0 Å².